The maximum Gasteiger partial charge on any atom is 0.327 e. The Hall–Kier alpha value is -2.12. The third-order valence-corrected chi connectivity index (χ3v) is 3.38. The first-order valence-electron chi connectivity index (χ1n) is 6.96. The standard InChI is InChI=1S/C15H20N2O5/c1-16-8-14(19)17(15(16)20)7-12(18)10-22-9-11-5-3-4-6-13(11)21-2/h3-6,12,18H,7-10H2,1-2H3. The number of carbonyl (C=O) groups excluding carboxylic acids is 2. The third-order valence-electron chi connectivity index (χ3n) is 3.38. The number of hydrogen-bond acceptors (Lipinski definition) is 5. The normalized spacial score (nSPS) is 16.3. The van der Waals surface area contributed by atoms with Crippen LogP contribution in [0.3, 0.4) is 0 Å². The zero-order valence-electron chi connectivity index (χ0n) is 12.7. The van der Waals surface area contributed by atoms with Crippen molar-refractivity contribution in [1.82, 2.24) is 9.80 Å². The van der Waals surface area contributed by atoms with Crippen molar-refractivity contribution < 1.29 is 24.2 Å². The predicted octanol–water partition coefficient (Wildman–Crippen LogP) is 0.467. The van der Waals surface area contributed by atoms with Crippen molar-refractivity contribution >= 4 is 11.9 Å². The molecule has 1 aromatic carbocycles. The van der Waals surface area contributed by atoms with Gasteiger partial charge in [-0.25, -0.2) is 4.79 Å². The molecule has 7 nitrogen and oxygen atoms in total. The molecule has 22 heavy (non-hydrogen) atoms. The van der Waals surface area contributed by atoms with Gasteiger partial charge in [0.1, 0.15) is 12.3 Å². The number of aliphatic hydroxyl groups excluding tert-OH is 1. The average molecular weight is 308 g/mol. The molecule has 0 radical (unpaired) electrons. The Labute approximate surface area is 129 Å². The van der Waals surface area contributed by atoms with E-state index in [1.165, 1.54) is 4.90 Å². The number of ether oxygens (including phenoxy) is 2. The number of para-hydroxylation sites is 1. The van der Waals surface area contributed by atoms with Crippen LogP contribution in [0, 0.1) is 0 Å². The van der Waals surface area contributed by atoms with E-state index < -0.39 is 12.1 Å². The first-order chi connectivity index (χ1) is 10.5. The van der Waals surface area contributed by atoms with Crippen molar-refractivity contribution in [2.24, 2.45) is 0 Å². The highest BCUT2D eigenvalue weighted by Crippen LogP contribution is 2.18. The topological polar surface area (TPSA) is 79.3 Å². The van der Waals surface area contributed by atoms with Gasteiger partial charge in [0, 0.05) is 12.6 Å². The van der Waals surface area contributed by atoms with Crippen molar-refractivity contribution in [1.29, 1.82) is 0 Å². The summed E-state index contributed by atoms with van der Waals surface area (Å²) >= 11 is 0. The molecule has 2 rings (SSSR count). The fourth-order valence-corrected chi connectivity index (χ4v) is 2.24. The van der Waals surface area contributed by atoms with E-state index in [0.29, 0.717) is 5.75 Å². The molecule has 0 aliphatic carbocycles. The van der Waals surface area contributed by atoms with Gasteiger partial charge in [0.25, 0.3) is 0 Å². The smallest absolute Gasteiger partial charge is 0.327 e. The number of likely N-dealkylation sites (N-methyl/N-ethyl adjacent to an activating group) is 1. The number of hydrogen-bond donors (Lipinski definition) is 1. The molecule has 1 N–H and O–H groups in total. The van der Waals surface area contributed by atoms with E-state index in [9.17, 15) is 14.7 Å². The molecule has 0 bridgehead atoms. The van der Waals surface area contributed by atoms with E-state index in [0.717, 1.165) is 10.5 Å². The zero-order valence-corrected chi connectivity index (χ0v) is 12.7. The summed E-state index contributed by atoms with van der Waals surface area (Å²) in [7, 11) is 3.12. The lowest BCUT2D eigenvalue weighted by atomic mass is 10.2. The number of urea groups is 1. The van der Waals surface area contributed by atoms with Crippen LogP contribution in [0.2, 0.25) is 0 Å². The fraction of sp³-hybridized carbons (Fsp3) is 0.467. The number of nitrogens with zero attached hydrogens (tertiary/aromatic N) is 2. The molecule has 0 saturated carbocycles. The summed E-state index contributed by atoms with van der Waals surface area (Å²) in [6.45, 7) is 0.295. The summed E-state index contributed by atoms with van der Waals surface area (Å²) in [6.07, 6.45) is -0.922. The fourth-order valence-electron chi connectivity index (χ4n) is 2.24. The van der Waals surface area contributed by atoms with Crippen LogP contribution in [0.15, 0.2) is 24.3 Å². The van der Waals surface area contributed by atoms with Gasteiger partial charge in [0.05, 0.1) is 33.0 Å². The molecule has 7 heteroatoms. The Morgan fingerprint density at radius 3 is 2.68 bits per heavy atom. The van der Waals surface area contributed by atoms with Crippen molar-refractivity contribution in [3.8, 4) is 5.75 Å². The van der Waals surface area contributed by atoms with Crippen LogP contribution in [-0.2, 0) is 16.1 Å². The molecule has 1 atom stereocenters. The summed E-state index contributed by atoms with van der Waals surface area (Å²) in [5.74, 6) is 0.403. The van der Waals surface area contributed by atoms with Crippen LogP contribution in [0.5, 0.6) is 5.75 Å². The second kappa shape index (κ2) is 7.24. The van der Waals surface area contributed by atoms with Gasteiger partial charge >= 0.3 is 6.03 Å². The van der Waals surface area contributed by atoms with Gasteiger partial charge in [-0.3, -0.25) is 9.69 Å². The monoisotopic (exact) mass is 308 g/mol. The predicted molar refractivity (Wildman–Crippen MR) is 78.4 cm³/mol. The number of imide groups is 1. The molecule has 1 saturated heterocycles. The summed E-state index contributed by atoms with van der Waals surface area (Å²) < 4.78 is 10.6. The second-order valence-corrected chi connectivity index (χ2v) is 5.12. The van der Waals surface area contributed by atoms with E-state index in [1.807, 2.05) is 24.3 Å². The Kier molecular flexibility index (Phi) is 5.35. The molecule has 1 aliphatic rings. The number of benzene rings is 1. The Balaban J connectivity index is 1.80. The third kappa shape index (κ3) is 3.75. The van der Waals surface area contributed by atoms with Gasteiger partial charge in [-0.15, -0.1) is 0 Å². The number of methoxy groups -OCH3 is 1. The minimum atomic E-state index is -0.922. The van der Waals surface area contributed by atoms with E-state index >= 15 is 0 Å². The molecule has 1 fully saturated rings. The van der Waals surface area contributed by atoms with Crippen molar-refractivity contribution in [3.63, 3.8) is 0 Å². The van der Waals surface area contributed by atoms with Crippen LogP contribution in [-0.4, -0.2) is 66.8 Å². The maximum atomic E-state index is 11.7. The van der Waals surface area contributed by atoms with Gasteiger partial charge in [-0.2, -0.15) is 0 Å². The van der Waals surface area contributed by atoms with E-state index in [2.05, 4.69) is 0 Å². The molecule has 1 heterocycles. The minimum absolute atomic E-state index is 0.0266. The number of β-amino-alcohol motifs (C(OH)–C–C–N with tert-alkyl or cyclic N) is 1. The van der Waals surface area contributed by atoms with Crippen LogP contribution >= 0.6 is 0 Å². The molecule has 1 unspecified atom stereocenters. The molecule has 1 aliphatic heterocycles. The Morgan fingerprint density at radius 1 is 1.32 bits per heavy atom. The maximum absolute atomic E-state index is 11.7. The van der Waals surface area contributed by atoms with E-state index in [1.54, 1.807) is 14.2 Å². The molecular formula is C15H20N2O5. The highest BCUT2D eigenvalue weighted by atomic mass is 16.5. The van der Waals surface area contributed by atoms with Crippen LogP contribution in [0.1, 0.15) is 5.56 Å². The zero-order chi connectivity index (χ0) is 16.1. The van der Waals surface area contributed by atoms with Gasteiger partial charge in [-0.1, -0.05) is 18.2 Å². The highest BCUT2D eigenvalue weighted by Gasteiger charge is 2.34. The summed E-state index contributed by atoms with van der Waals surface area (Å²) in [4.78, 5) is 25.6. The Bertz CT molecular complexity index is 548. The molecule has 0 aromatic heterocycles. The van der Waals surface area contributed by atoms with Crippen LogP contribution in [0.4, 0.5) is 4.79 Å². The number of amides is 3. The van der Waals surface area contributed by atoms with E-state index in [4.69, 9.17) is 9.47 Å². The largest absolute Gasteiger partial charge is 0.496 e. The molecule has 120 valence electrons. The summed E-state index contributed by atoms with van der Waals surface area (Å²) in [5.41, 5.74) is 0.866. The van der Waals surface area contributed by atoms with Gasteiger partial charge in [0.2, 0.25) is 5.91 Å². The van der Waals surface area contributed by atoms with Crippen LogP contribution in [0.25, 0.3) is 0 Å². The molecule has 3 amide bonds. The molecule has 0 spiro atoms. The van der Waals surface area contributed by atoms with E-state index in [-0.39, 0.29) is 32.2 Å². The van der Waals surface area contributed by atoms with Gasteiger partial charge in [0.15, 0.2) is 0 Å². The molecule has 1 aromatic rings. The SMILES string of the molecule is COc1ccccc1COCC(O)CN1C(=O)CN(C)C1=O. The quantitative estimate of drug-likeness (QED) is 0.741. The summed E-state index contributed by atoms with van der Waals surface area (Å²) in [5, 5.41) is 9.92. The number of rotatable bonds is 7. The lowest BCUT2D eigenvalue weighted by Crippen LogP contribution is -2.39. The summed E-state index contributed by atoms with van der Waals surface area (Å²) in [6, 6.07) is 7.03. The van der Waals surface area contributed by atoms with Crippen molar-refractivity contribution in [2.75, 3.05) is 33.9 Å². The highest BCUT2D eigenvalue weighted by molar-refractivity contribution is 6.01. The number of carbonyl (C=O) groups is 2. The lowest BCUT2D eigenvalue weighted by Gasteiger charge is -2.18. The minimum Gasteiger partial charge on any atom is -0.496 e. The number of aliphatic hydroxyl groups is 1. The van der Waals surface area contributed by atoms with Gasteiger partial charge < -0.3 is 19.5 Å². The first kappa shape index (κ1) is 16.3. The molecular weight excluding hydrogens is 288 g/mol. The van der Waals surface area contributed by atoms with Crippen molar-refractivity contribution in [3.05, 3.63) is 29.8 Å². The van der Waals surface area contributed by atoms with Gasteiger partial charge in [-0.05, 0) is 6.07 Å². The first-order valence-corrected chi connectivity index (χ1v) is 6.96. The second-order valence-electron chi connectivity index (χ2n) is 5.12. The average Bonchev–Trinajstić information content (AvgIpc) is 2.74. The van der Waals surface area contributed by atoms with Crippen molar-refractivity contribution in [2.45, 2.75) is 12.7 Å². The lowest BCUT2D eigenvalue weighted by molar-refractivity contribution is -0.126. The Morgan fingerprint density at radius 2 is 2.05 bits per heavy atom. The van der Waals surface area contributed by atoms with Crippen LogP contribution < -0.4 is 4.74 Å².